The van der Waals surface area contributed by atoms with Gasteiger partial charge in [-0.15, -0.1) is 0 Å². The van der Waals surface area contributed by atoms with Crippen molar-refractivity contribution in [3.63, 3.8) is 0 Å². The predicted molar refractivity (Wildman–Crippen MR) is 73.0 cm³/mol. The van der Waals surface area contributed by atoms with Gasteiger partial charge in [0.05, 0.1) is 10.0 Å². The summed E-state index contributed by atoms with van der Waals surface area (Å²) in [5.74, 6) is -2.92. The van der Waals surface area contributed by atoms with E-state index in [0.29, 0.717) is 0 Å². The molecule has 0 bridgehead atoms. The summed E-state index contributed by atoms with van der Waals surface area (Å²) in [6, 6.07) is 0.687. The maximum absolute atomic E-state index is 13.5. The third-order valence-corrected chi connectivity index (χ3v) is 4.76. The first-order valence-corrected chi connectivity index (χ1v) is 7.70. The molecule has 2 N–H and O–H groups in total. The van der Waals surface area contributed by atoms with Crippen LogP contribution in [-0.2, 0) is 14.8 Å². The molecule has 0 radical (unpaired) electrons. The van der Waals surface area contributed by atoms with Gasteiger partial charge < -0.3 is 5.11 Å². The minimum atomic E-state index is -4.28. The molecule has 5 nitrogen and oxygen atoms in total. The number of carboxylic acid groups (broad SMARTS) is 1. The molecule has 112 valence electrons. The van der Waals surface area contributed by atoms with E-state index in [9.17, 15) is 17.6 Å². The molecule has 0 spiro atoms. The van der Waals surface area contributed by atoms with Crippen LogP contribution in [0.5, 0.6) is 0 Å². The first kappa shape index (κ1) is 17.2. The van der Waals surface area contributed by atoms with Gasteiger partial charge in [-0.2, -0.15) is 4.72 Å². The summed E-state index contributed by atoms with van der Waals surface area (Å²) >= 11 is 11.1. The SMILES string of the molecule is CC(C)[C@H](NS(=O)(=O)c1ccc(Cl)c(F)c1Cl)C(=O)O. The van der Waals surface area contributed by atoms with E-state index in [0.717, 1.165) is 12.1 Å². The molecule has 20 heavy (non-hydrogen) atoms. The highest BCUT2D eigenvalue weighted by atomic mass is 35.5. The lowest BCUT2D eigenvalue weighted by atomic mass is 10.1. The van der Waals surface area contributed by atoms with Crippen LogP contribution in [0.4, 0.5) is 4.39 Å². The number of sulfonamides is 1. The number of carboxylic acids is 1. The molecule has 0 saturated carbocycles. The Kier molecular flexibility index (Phi) is 5.37. The molecule has 0 aliphatic heterocycles. The molecule has 9 heteroatoms. The Morgan fingerprint density at radius 2 is 1.90 bits per heavy atom. The smallest absolute Gasteiger partial charge is 0.322 e. The van der Waals surface area contributed by atoms with Gasteiger partial charge in [0.15, 0.2) is 5.82 Å². The second-order valence-electron chi connectivity index (χ2n) is 4.35. The van der Waals surface area contributed by atoms with Gasteiger partial charge >= 0.3 is 5.97 Å². The topological polar surface area (TPSA) is 83.5 Å². The molecule has 1 aromatic rings. The molecule has 0 unspecified atom stereocenters. The molecule has 1 aromatic carbocycles. The van der Waals surface area contributed by atoms with Crippen LogP contribution in [0.15, 0.2) is 17.0 Å². The van der Waals surface area contributed by atoms with Gasteiger partial charge in [0.25, 0.3) is 0 Å². The molecular weight excluding hydrogens is 332 g/mol. The summed E-state index contributed by atoms with van der Waals surface area (Å²) in [5, 5.41) is 7.96. The number of aliphatic carboxylic acids is 1. The zero-order valence-corrected chi connectivity index (χ0v) is 12.9. The first-order chi connectivity index (χ1) is 9.08. The molecule has 0 aliphatic carbocycles. The Labute approximate surface area is 125 Å². The highest BCUT2D eigenvalue weighted by Crippen LogP contribution is 2.29. The predicted octanol–water partition coefficient (Wildman–Crippen LogP) is 2.52. The summed E-state index contributed by atoms with van der Waals surface area (Å²) in [7, 11) is -4.28. The zero-order valence-electron chi connectivity index (χ0n) is 10.5. The number of benzene rings is 1. The average molecular weight is 344 g/mol. The average Bonchev–Trinajstić information content (AvgIpc) is 2.32. The van der Waals surface area contributed by atoms with E-state index < -0.39 is 43.7 Å². The Bertz CT molecular complexity index is 634. The van der Waals surface area contributed by atoms with E-state index >= 15 is 0 Å². The fraction of sp³-hybridized carbons (Fsp3) is 0.364. The second kappa shape index (κ2) is 6.26. The van der Waals surface area contributed by atoms with Gasteiger partial charge in [0.2, 0.25) is 10.0 Å². The summed E-state index contributed by atoms with van der Waals surface area (Å²) in [6.45, 7) is 3.07. The quantitative estimate of drug-likeness (QED) is 0.804. The standard InChI is InChI=1S/C11H12Cl2FNO4S/c1-5(2)10(11(16)17)15-20(18,19)7-4-3-6(12)9(14)8(7)13/h3-5,10,15H,1-2H3,(H,16,17)/t10-/m0/s1. The second-order valence-corrected chi connectivity index (χ2v) is 6.82. The van der Waals surface area contributed by atoms with E-state index in [-0.39, 0.29) is 5.02 Å². The lowest BCUT2D eigenvalue weighted by molar-refractivity contribution is -0.140. The van der Waals surface area contributed by atoms with Crippen LogP contribution in [0.25, 0.3) is 0 Å². The van der Waals surface area contributed by atoms with Crippen molar-refractivity contribution in [3.8, 4) is 0 Å². The summed E-state index contributed by atoms with van der Waals surface area (Å²) < 4.78 is 39.6. The molecule has 0 saturated heterocycles. The summed E-state index contributed by atoms with van der Waals surface area (Å²) in [6.07, 6.45) is 0. The lowest BCUT2D eigenvalue weighted by Gasteiger charge is -2.18. The molecule has 1 atom stereocenters. The first-order valence-electron chi connectivity index (χ1n) is 5.46. The molecule has 1 rings (SSSR count). The molecular formula is C11H12Cl2FNO4S. The van der Waals surface area contributed by atoms with Crippen molar-refractivity contribution in [1.82, 2.24) is 4.72 Å². The Balaban J connectivity index is 3.25. The molecule has 0 amide bonds. The monoisotopic (exact) mass is 343 g/mol. The minimum absolute atomic E-state index is 0.326. The zero-order chi connectivity index (χ0) is 15.7. The molecule has 0 aromatic heterocycles. The van der Waals surface area contributed by atoms with Crippen molar-refractivity contribution in [3.05, 3.63) is 28.0 Å². The van der Waals surface area contributed by atoms with Crippen LogP contribution in [0, 0.1) is 11.7 Å². The number of nitrogens with one attached hydrogen (secondary N) is 1. The van der Waals surface area contributed by atoms with Crippen LogP contribution >= 0.6 is 23.2 Å². The van der Waals surface area contributed by atoms with Crippen LogP contribution in [0.2, 0.25) is 10.0 Å². The third kappa shape index (κ3) is 3.60. The van der Waals surface area contributed by atoms with Crippen molar-refractivity contribution in [1.29, 1.82) is 0 Å². The largest absolute Gasteiger partial charge is 0.480 e. The minimum Gasteiger partial charge on any atom is -0.480 e. The van der Waals surface area contributed by atoms with Gasteiger partial charge in [-0.05, 0) is 18.1 Å². The summed E-state index contributed by atoms with van der Waals surface area (Å²) in [4.78, 5) is 10.4. The molecule has 0 aliphatic rings. The van der Waals surface area contributed by atoms with Crippen molar-refractivity contribution >= 4 is 39.2 Å². The Hall–Kier alpha value is -0.890. The van der Waals surface area contributed by atoms with E-state index in [1.54, 1.807) is 0 Å². The van der Waals surface area contributed by atoms with Crippen molar-refractivity contribution in [2.24, 2.45) is 5.92 Å². The van der Waals surface area contributed by atoms with Crippen LogP contribution < -0.4 is 4.72 Å². The van der Waals surface area contributed by atoms with E-state index in [4.69, 9.17) is 28.3 Å². The van der Waals surface area contributed by atoms with Gasteiger partial charge in [-0.25, -0.2) is 12.8 Å². The number of hydrogen-bond donors (Lipinski definition) is 2. The van der Waals surface area contributed by atoms with E-state index in [1.165, 1.54) is 13.8 Å². The highest BCUT2D eigenvalue weighted by Gasteiger charge is 2.30. The lowest BCUT2D eigenvalue weighted by Crippen LogP contribution is -2.44. The number of hydrogen-bond acceptors (Lipinski definition) is 3. The summed E-state index contributed by atoms with van der Waals surface area (Å²) in [5.41, 5.74) is 0. The number of carbonyl (C=O) groups is 1. The number of rotatable bonds is 5. The van der Waals surface area contributed by atoms with Gasteiger partial charge in [0.1, 0.15) is 10.9 Å². The molecule has 0 heterocycles. The van der Waals surface area contributed by atoms with Gasteiger partial charge in [-0.1, -0.05) is 37.0 Å². The van der Waals surface area contributed by atoms with Crippen molar-refractivity contribution in [2.45, 2.75) is 24.8 Å². The Morgan fingerprint density at radius 1 is 1.35 bits per heavy atom. The van der Waals surface area contributed by atoms with Crippen LogP contribution in [0.1, 0.15) is 13.8 Å². The normalized spacial score (nSPS) is 13.5. The Morgan fingerprint density at radius 3 is 2.35 bits per heavy atom. The van der Waals surface area contributed by atoms with Crippen molar-refractivity contribution < 1.29 is 22.7 Å². The maximum atomic E-state index is 13.5. The van der Waals surface area contributed by atoms with E-state index in [2.05, 4.69) is 0 Å². The fourth-order valence-corrected chi connectivity index (χ4v) is 3.50. The highest BCUT2D eigenvalue weighted by molar-refractivity contribution is 7.89. The van der Waals surface area contributed by atoms with Gasteiger partial charge in [0, 0.05) is 0 Å². The van der Waals surface area contributed by atoms with E-state index in [1.807, 2.05) is 4.72 Å². The van der Waals surface area contributed by atoms with Crippen molar-refractivity contribution in [2.75, 3.05) is 0 Å². The van der Waals surface area contributed by atoms with Crippen LogP contribution in [-0.4, -0.2) is 25.5 Å². The van der Waals surface area contributed by atoms with Crippen LogP contribution in [0.3, 0.4) is 0 Å². The molecule has 0 fully saturated rings. The maximum Gasteiger partial charge on any atom is 0.322 e. The fourth-order valence-electron chi connectivity index (χ4n) is 1.42. The van der Waals surface area contributed by atoms with Gasteiger partial charge in [-0.3, -0.25) is 4.79 Å². The third-order valence-electron chi connectivity index (χ3n) is 2.50. The number of halogens is 3.